The summed E-state index contributed by atoms with van der Waals surface area (Å²) in [6.07, 6.45) is 1.01. The molecule has 1 N–H and O–H groups in total. The van der Waals surface area contributed by atoms with Gasteiger partial charge in [0.05, 0.1) is 17.0 Å². The molecule has 2 aromatic rings. The summed E-state index contributed by atoms with van der Waals surface area (Å²) in [5.41, 5.74) is 0.996. The van der Waals surface area contributed by atoms with E-state index in [0.717, 1.165) is 20.6 Å². The van der Waals surface area contributed by atoms with Gasteiger partial charge < -0.3 is 10.2 Å². The number of hydrogen-bond donors (Lipinski definition) is 1. The Hall–Kier alpha value is -2.10. The Balaban J connectivity index is 2.40. The number of para-hydroxylation sites is 1. The van der Waals surface area contributed by atoms with Crippen LogP contribution in [-0.4, -0.2) is 50.5 Å². The van der Waals surface area contributed by atoms with Crippen LogP contribution in [-0.2, 0) is 26.2 Å². The Morgan fingerprint density at radius 1 is 1.16 bits per heavy atom. The average molecular weight is 531 g/mol. The van der Waals surface area contributed by atoms with Gasteiger partial charge in [-0.25, -0.2) is 8.42 Å². The van der Waals surface area contributed by atoms with Crippen LogP contribution < -0.4 is 9.62 Å². The summed E-state index contributed by atoms with van der Waals surface area (Å²) in [5, 5.41) is 2.91. The maximum atomic E-state index is 13.3. The second-order valence-electron chi connectivity index (χ2n) is 6.94. The van der Waals surface area contributed by atoms with Crippen molar-refractivity contribution in [3.05, 3.63) is 63.6 Å². The SMILES string of the molecule is CCNC(=O)[C@H](C)N(Cc1cccc(Br)c1)C(=O)CN(c1ccccc1Cl)S(C)(=O)=O. The zero-order valence-electron chi connectivity index (χ0n) is 17.5. The van der Waals surface area contributed by atoms with Gasteiger partial charge in [-0.2, -0.15) is 0 Å². The van der Waals surface area contributed by atoms with Crippen molar-refractivity contribution in [2.24, 2.45) is 0 Å². The van der Waals surface area contributed by atoms with Crippen LogP contribution in [0.25, 0.3) is 0 Å². The minimum Gasteiger partial charge on any atom is -0.355 e. The Labute approximate surface area is 196 Å². The normalized spacial score (nSPS) is 12.2. The van der Waals surface area contributed by atoms with Gasteiger partial charge in [0.25, 0.3) is 0 Å². The lowest BCUT2D eigenvalue weighted by molar-refractivity contribution is -0.139. The molecule has 0 bridgehead atoms. The van der Waals surface area contributed by atoms with Crippen molar-refractivity contribution >= 4 is 55.1 Å². The number of sulfonamides is 1. The number of halogens is 2. The van der Waals surface area contributed by atoms with E-state index in [1.807, 2.05) is 24.3 Å². The highest BCUT2D eigenvalue weighted by atomic mass is 79.9. The van der Waals surface area contributed by atoms with Crippen molar-refractivity contribution in [1.29, 1.82) is 0 Å². The quantitative estimate of drug-likeness (QED) is 0.538. The number of amides is 2. The van der Waals surface area contributed by atoms with Crippen LogP contribution in [0.3, 0.4) is 0 Å². The largest absolute Gasteiger partial charge is 0.355 e. The van der Waals surface area contributed by atoms with Gasteiger partial charge in [-0.05, 0) is 43.7 Å². The molecule has 2 amide bonds. The Morgan fingerprint density at radius 3 is 2.42 bits per heavy atom. The first-order valence-corrected chi connectivity index (χ1v) is 12.6. The van der Waals surface area contributed by atoms with Crippen LogP contribution >= 0.6 is 27.5 Å². The highest BCUT2D eigenvalue weighted by Crippen LogP contribution is 2.27. The molecule has 0 fully saturated rings. The van der Waals surface area contributed by atoms with Gasteiger partial charge in [0.1, 0.15) is 12.6 Å². The number of carbonyl (C=O) groups is 2. The molecule has 2 aromatic carbocycles. The van der Waals surface area contributed by atoms with E-state index in [1.54, 1.807) is 32.0 Å². The molecule has 1 atom stereocenters. The Bertz CT molecular complexity index is 1050. The highest BCUT2D eigenvalue weighted by Gasteiger charge is 2.30. The number of anilines is 1. The molecule has 31 heavy (non-hydrogen) atoms. The lowest BCUT2D eigenvalue weighted by atomic mass is 10.1. The van der Waals surface area contributed by atoms with Crippen molar-refractivity contribution < 1.29 is 18.0 Å². The molecule has 0 saturated carbocycles. The minimum atomic E-state index is -3.81. The lowest BCUT2D eigenvalue weighted by Gasteiger charge is -2.31. The van der Waals surface area contributed by atoms with Gasteiger partial charge in [0.15, 0.2) is 0 Å². The summed E-state index contributed by atoms with van der Waals surface area (Å²) in [6.45, 7) is 3.46. The predicted molar refractivity (Wildman–Crippen MR) is 126 cm³/mol. The molecule has 2 rings (SSSR count). The maximum Gasteiger partial charge on any atom is 0.244 e. The van der Waals surface area contributed by atoms with Crippen LogP contribution in [0, 0.1) is 0 Å². The second kappa shape index (κ2) is 11.0. The zero-order valence-corrected chi connectivity index (χ0v) is 20.7. The summed E-state index contributed by atoms with van der Waals surface area (Å²) in [5.74, 6) is -0.849. The maximum absolute atomic E-state index is 13.3. The van der Waals surface area contributed by atoms with E-state index >= 15 is 0 Å². The fourth-order valence-corrected chi connectivity index (χ4v) is 4.58. The summed E-state index contributed by atoms with van der Waals surface area (Å²) >= 11 is 9.59. The van der Waals surface area contributed by atoms with E-state index in [-0.39, 0.29) is 23.2 Å². The molecule has 168 valence electrons. The molecule has 7 nitrogen and oxygen atoms in total. The fraction of sp³-hybridized carbons (Fsp3) is 0.333. The second-order valence-corrected chi connectivity index (χ2v) is 10.2. The first-order valence-electron chi connectivity index (χ1n) is 9.58. The molecule has 0 spiro atoms. The zero-order chi connectivity index (χ0) is 23.2. The summed E-state index contributed by atoms with van der Waals surface area (Å²) in [4.78, 5) is 27.2. The molecule has 0 radical (unpaired) electrons. The van der Waals surface area contributed by atoms with Gasteiger partial charge >= 0.3 is 0 Å². The van der Waals surface area contributed by atoms with Gasteiger partial charge in [-0.1, -0.05) is 51.8 Å². The third-order valence-electron chi connectivity index (χ3n) is 4.56. The lowest BCUT2D eigenvalue weighted by Crippen LogP contribution is -2.51. The van der Waals surface area contributed by atoms with Crippen LogP contribution in [0.1, 0.15) is 19.4 Å². The van der Waals surface area contributed by atoms with E-state index in [0.29, 0.717) is 6.54 Å². The number of hydrogen-bond acceptors (Lipinski definition) is 4. The predicted octanol–water partition coefficient (Wildman–Crippen LogP) is 3.42. The van der Waals surface area contributed by atoms with Crippen LogP contribution in [0.15, 0.2) is 53.0 Å². The van der Waals surface area contributed by atoms with E-state index in [4.69, 9.17) is 11.6 Å². The smallest absolute Gasteiger partial charge is 0.244 e. The molecule has 0 aliphatic rings. The third kappa shape index (κ3) is 6.95. The van der Waals surface area contributed by atoms with E-state index in [9.17, 15) is 18.0 Å². The number of nitrogens with one attached hydrogen (secondary N) is 1. The van der Waals surface area contributed by atoms with Crippen LogP contribution in [0.5, 0.6) is 0 Å². The highest BCUT2D eigenvalue weighted by molar-refractivity contribution is 9.10. The van der Waals surface area contributed by atoms with Gasteiger partial charge in [-0.3, -0.25) is 13.9 Å². The topological polar surface area (TPSA) is 86.8 Å². The van der Waals surface area contributed by atoms with Crippen molar-refractivity contribution in [2.45, 2.75) is 26.4 Å². The molecule has 10 heteroatoms. The molecule has 0 unspecified atom stereocenters. The first kappa shape index (κ1) is 25.2. The summed E-state index contributed by atoms with van der Waals surface area (Å²) in [7, 11) is -3.81. The standard InChI is InChI=1S/C21H25BrClN3O4S/c1-4-24-21(28)15(2)25(13-16-8-7-9-17(22)12-16)20(27)14-26(31(3,29)30)19-11-6-5-10-18(19)23/h5-12,15H,4,13-14H2,1-3H3,(H,24,28)/t15-/m0/s1. The fourth-order valence-electron chi connectivity index (χ4n) is 2.99. The Kier molecular flexibility index (Phi) is 8.90. The van der Waals surface area contributed by atoms with Gasteiger partial charge in [0.2, 0.25) is 21.8 Å². The van der Waals surface area contributed by atoms with Crippen molar-refractivity contribution in [1.82, 2.24) is 10.2 Å². The molecule has 0 aliphatic carbocycles. The number of nitrogens with zero attached hydrogens (tertiary/aromatic N) is 2. The van der Waals surface area contributed by atoms with Gasteiger partial charge in [0, 0.05) is 17.6 Å². The van der Waals surface area contributed by atoms with Crippen molar-refractivity contribution in [3.8, 4) is 0 Å². The molecule has 0 aromatic heterocycles. The molecule has 0 aliphatic heterocycles. The number of rotatable bonds is 9. The molecular weight excluding hydrogens is 506 g/mol. The minimum absolute atomic E-state index is 0.136. The average Bonchev–Trinajstić information content (AvgIpc) is 2.69. The van der Waals surface area contributed by atoms with E-state index < -0.39 is 28.5 Å². The third-order valence-corrected chi connectivity index (χ3v) is 6.50. The van der Waals surface area contributed by atoms with E-state index in [1.165, 1.54) is 11.0 Å². The molecule has 0 saturated heterocycles. The molecular formula is C21H25BrClN3O4S. The van der Waals surface area contributed by atoms with Crippen LogP contribution in [0.4, 0.5) is 5.69 Å². The number of benzene rings is 2. The monoisotopic (exact) mass is 529 g/mol. The first-order chi connectivity index (χ1) is 14.5. The Morgan fingerprint density at radius 2 is 1.84 bits per heavy atom. The summed E-state index contributed by atoms with van der Waals surface area (Å²) < 4.78 is 26.7. The van der Waals surface area contributed by atoms with Crippen LogP contribution in [0.2, 0.25) is 5.02 Å². The van der Waals surface area contributed by atoms with Crippen molar-refractivity contribution in [3.63, 3.8) is 0 Å². The summed E-state index contributed by atoms with van der Waals surface area (Å²) in [6, 6.07) is 12.9. The molecule has 0 heterocycles. The number of likely N-dealkylation sites (N-methyl/N-ethyl adjacent to an activating group) is 1. The number of carbonyl (C=O) groups excluding carboxylic acids is 2. The van der Waals surface area contributed by atoms with Gasteiger partial charge in [-0.15, -0.1) is 0 Å². The van der Waals surface area contributed by atoms with Crippen molar-refractivity contribution in [2.75, 3.05) is 23.7 Å². The van der Waals surface area contributed by atoms with E-state index in [2.05, 4.69) is 21.2 Å².